The van der Waals surface area contributed by atoms with Gasteiger partial charge in [-0.15, -0.1) is 0 Å². The maximum absolute atomic E-state index is 5.83. The highest BCUT2D eigenvalue weighted by Crippen LogP contribution is 2.30. The van der Waals surface area contributed by atoms with Gasteiger partial charge in [-0.3, -0.25) is 0 Å². The molecule has 0 aliphatic heterocycles. The molecular weight excluding hydrogens is 236 g/mol. The fraction of sp³-hybridized carbons (Fsp3) is 0.188. The van der Waals surface area contributed by atoms with Gasteiger partial charge in [-0.05, 0) is 38.1 Å². The van der Waals surface area contributed by atoms with Gasteiger partial charge in [0.25, 0.3) is 0 Å². The van der Waals surface area contributed by atoms with E-state index >= 15 is 0 Å². The number of hydrogen-bond donors (Lipinski definition) is 1. The van der Waals surface area contributed by atoms with Gasteiger partial charge in [0.1, 0.15) is 5.52 Å². The van der Waals surface area contributed by atoms with E-state index in [1.807, 2.05) is 48.5 Å². The molecule has 0 bridgehead atoms. The zero-order valence-corrected chi connectivity index (χ0v) is 11.1. The molecule has 1 aromatic heterocycles. The molecule has 0 atom stereocenters. The molecule has 0 spiro atoms. The summed E-state index contributed by atoms with van der Waals surface area (Å²) in [5.74, 6) is 0.657. The molecule has 0 fully saturated rings. The molecule has 1 N–H and O–H groups in total. The van der Waals surface area contributed by atoms with Gasteiger partial charge in [0.05, 0.1) is 5.56 Å². The van der Waals surface area contributed by atoms with Crippen LogP contribution in [0.5, 0.6) is 0 Å². The van der Waals surface area contributed by atoms with E-state index in [0.29, 0.717) is 11.9 Å². The molecule has 0 radical (unpaired) electrons. The lowest BCUT2D eigenvalue weighted by atomic mass is 10.1. The molecule has 3 aromatic rings. The minimum Gasteiger partial charge on any atom is -0.436 e. The van der Waals surface area contributed by atoms with Gasteiger partial charge in [-0.1, -0.05) is 24.3 Å². The van der Waals surface area contributed by atoms with Crippen LogP contribution < -0.4 is 5.32 Å². The van der Waals surface area contributed by atoms with Crippen molar-refractivity contribution in [3.05, 3.63) is 48.5 Å². The molecule has 19 heavy (non-hydrogen) atoms. The number of nitrogens with one attached hydrogen (secondary N) is 1. The van der Waals surface area contributed by atoms with Crippen molar-refractivity contribution in [3.63, 3.8) is 0 Å². The van der Waals surface area contributed by atoms with Gasteiger partial charge >= 0.3 is 0 Å². The normalized spacial score (nSPS) is 11.1. The Morgan fingerprint density at radius 1 is 1.00 bits per heavy atom. The number of anilines is 1. The monoisotopic (exact) mass is 252 g/mol. The van der Waals surface area contributed by atoms with Crippen molar-refractivity contribution in [1.29, 1.82) is 0 Å². The van der Waals surface area contributed by atoms with E-state index < -0.39 is 0 Å². The zero-order chi connectivity index (χ0) is 13.2. The van der Waals surface area contributed by atoms with Crippen LogP contribution in [-0.2, 0) is 0 Å². The van der Waals surface area contributed by atoms with Crippen molar-refractivity contribution in [2.75, 3.05) is 5.32 Å². The second kappa shape index (κ2) is 4.76. The van der Waals surface area contributed by atoms with Gasteiger partial charge in [-0.25, -0.2) is 4.98 Å². The number of rotatable bonds is 3. The van der Waals surface area contributed by atoms with E-state index in [9.17, 15) is 0 Å². The summed E-state index contributed by atoms with van der Waals surface area (Å²) in [6.45, 7) is 4.23. The Labute approximate surface area is 112 Å². The lowest BCUT2D eigenvalue weighted by Crippen LogP contribution is -2.10. The number of nitrogens with zero attached hydrogens (tertiary/aromatic N) is 1. The van der Waals surface area contributed by atoms with Crippen molar-refractivity contribution >= 4 is 16.8 Å². The largest absolute Gasteiger partial charge is 0.436 e. The number of aromatic nitrogens is 1. The first-order valence-corrected chi connectivity index (χ1v) is 6.45. The average molecular weight is 252 g/mol. The van der Waals surface area contributed by atoms with Gasteiger partial charge in [0.15, 0.2) is 5.58 Å². The van der Waals surface area contributed by atoms with E-state index in [0.717, 1.165) is 22.4 Å². The molecule has 1 heterocycles. The number of benzene rings is 2. The molecule has 0 aliphatic carbocycles. The highest BCUT2D eigenvalue weighted by molar-refractivity contribution is 5.80. The predicted molar refractivity (Wildman–Crippen MR) is 78.2 cm³/mol. The zero-order valence-electron chi connectivity index (χ0n) is 11.1. The summed E-state index contributed by atoms with van der Waals surface area (Å²) < 4.78 is 5.83. The van der Waals surface area contributed by atoms with Crippen LogP contribution in [0, 0.1) is 0 Å². The molecule has 3 heteroatoms. The van der Waals surface area contributed by atoms with Gasteiger partial charge in [-0.2, -0.15) is 0 Å². The molecule has 3 nitrogen and oxygen atoms in total. The van der Waals surface area contributed by atoms with Crippen LogP contribution >= 0.6 is 0 Å². The first-order valence-electron chi connectivity index (χ1n) is 6.45. The summed E-state index contributed by atoms with van der Waals surface area (Å²) in [7, 11) is 0. The van der Waals surface area contributed by atoms with Crippen molar-refractivity contribution in [2.45, 2.75) is 19.9 Å². The Morgan fingerprint density at radius 2 is 1.74 bits per heavy atom. The van der Waals surface area contributed by atoms with Crippen molar-refractivity contribution in [3.8, 4) is 11.5 Å². The minimum atomic E-state index is 0.366. The molecule has 0 unspecified atom stereocenters. The average Bonchev–Trinajstić information content (AvgIpc) is 2.82. The second-order valence-electron chi connectivity index (χ2n) is 4.83. The first kappa shape index (κ1) is 11.8. The maximum Gasteiger partial charge on any atom is 0.229 e. The predicted octanol–water partition coefficient (Wildman–Crippen LogP) is 4.32. The highest BCUT2D eigenvalue weighted by atomic mass is 16.3. The number of fused-ring (bicyclic) bond motifs is 1. The lowest BCUT2D eigenvalue weighted by Gasteiger charge is -2.12. The Hall–Kier alpha value is -2.29. The third-order valence-electron chi connectivity index (χ3n) is 2.90. The Bertz CT molecular complexity index is 668. The van der Waals surface area contributed by atoms with E-state index in [4.69, 9.17) is 4.42 Å². The Kier molecular flexibility index (Phi) is 2.95. The topological polar surface area (TPSA) is 38.1 Å². The van der Waals surface area contributed by atoms with Crippen molar-refractivity contribution < 1.29 is 4.42 Å². The summed E-state index contributed by atoms with van der Waals surface area (Å²) in [5, 5.41) is 3.42. The van der Waals surface area contributed by atoms with Crippen LogP contribution in [0.15, 0.2) is 52.9 Å². The van der Waals surface area contributed by atoms with Crippen LogP contribution in [0.2, 0.25) is 0 Å². The maximum atomic E-state index is 5.83. The van der Waals surface area contributed by atoms with Crippen LogP contribution in [0.3, 0.4) is 0 Å². The smallest absolute Gasteiger partial charge is 0.229 e. The molecule has 0 aliphatic rings. The summed E-state index contributed by atoms with van der Waals surface area (Å²) >= 11 is 0. The van der Waals surface area contributed by atoms with Gasteiger partial charge < -0.3 is 9.73 Å². The highest BCUT2D eigenvalue weighted by Gasteiger charge is 2.12. The summed E-state index contributed by atoms with van der Waals surface area (Å²) in [5.41, 5.74) is 3.74. The third-order valence-corrected chi connectivity index (χ3v) is 2.90. The fourth-order valence-corrected chi connectivity index (χ4v) is 2.09. The molecule has 3 rings (SSSR count). The van der Waals surface area contributed by atoms with E-state index in [2.05, 4.69) is 24.1 Å². The standard InChI is InChI=1S/C16H16N2O/c1-11(2)17-13-8-4-3-7-12(13)16-18-14-9-5-6-10-15(14)19-16/h3-11,17H,1-2H3. The van der Waals surface area contributed by atoms with Gasteiger partial charge in [0, 0.05) is 11.7 Å². The Balaban J connectivity index is 2.10. The fourth-order valence-electron chi connectivity index (χ4n) is 2.09. The van der Waals surface area contributed by atoms with Gasteiger partial charge in [0.2, 0.25) is 5.89 Å². The van der Waals surface area contributed by atoms with E-state index in [1.165, 1.54) is 0 Å². The van der Waals surface area contributed by atoms with E-state index in [1.54, 1.807) is 0 Å². The van der Waals surface area contributed by atoms with Crippen molar-refractivity contribution in [2.24, 2.45) is 0 Å². The van der Waals surface area contributed by atoms with Crippen LogP contribution in [0.1, 0.15) is 13.8 Å². The molecular formula is C16H16N2O. The van der Waals surface area contributed by atoms with Crippen LogP contribution in [-0.4, -0.2) is 11.0 Å². The summed E-state index contributed by atoms with van der Waals surface area (Å²) in [6, 6.07) is 16.3. The Morgan fingerprint density at radius 3 is 2.53 bits per heavy atom. The summed E-state index contributed by atoms with van der Waals surface area (Å²) in [6.07, 6.45) is 0. The van der Waals surface area contributed by atoms with Crippen LogP contribution in [0.4, 0.5) is 5.69 Å². The first-order chi connectivity index (χ1) is 9.24. The van der Waals surface area contributed by atoms with Crippen LogP contribution in [0.25, 0.3) is 22.6 Å². The van der Waals surface area contributed by atoms with E-state index in [-0.39, 0.29) is 0 Å². The molecule has 0 saturated heterocycles. The molecule has 0 saturated carbocycles. The SMILES string of the molecule is CC(C)Nc1ccccc1-c1nc2ccccc2o1. The number of para-hydroxylation sites is 3. The summed E-state index contributed by atoms with van der Waals surface area (Å²) in [4.78, 5) is 4.54. The molecule has 96 valence electrons. The number of hydrogen-bond acceptors (Lipinski definition) is 3. The number of oxazole rings is 1. The lowest BCUT2D eigenvalue weighted by molar-refractivity contribution is 0.620. The van der Waals surface area contributed by atoms with Crippen molar-refractivity contribution in [1.82, 2.24) is 4.98 Å². The quantitative estimate of drug-likeness (QED) is 0.754. The molecule has 2 aromatic carbocycles. The second-order valence-corrected chi connectivity index (χ2v) is 4.83. The third kappa shape index (κ3) is 2.32. The minimum absolute atomic E-state index is 0.366. The molecule has 0 amide bonds.